The third-order valence-corrected chi connectivity index (χ3v) is 3.24. The number of carbonyl (C=O) groups is 2. The molecule has 0 aliphatic carbocycles. The first-order valence-electron chi connectivity index (χ1n) is 5.29. The lowest BCUT2D eigenvalue weighted by Gasteiger charge is -2.22. The molecule has 0 fully saturated rings. The molecule has 0 unspecified atom stereocenters. The van der Waals surface area contributed by atoms with Gasteiger partial charge in [0, 0.05) is 24.1 Å². The second-order valence-electron chi connectivity index (χ2n) is 3.81. The van der Waals surface area contributed by atoms with Crippen molar-refractivity contribution in [1.82, 2.24) is 5.32 Å². The van der Waals surface area contributed by atoms with Crippen molar-refractivity contribution in [1.29, 1.82) is 0 Å². The fourth-order valence-electron chi connectivity index (χ4n) is 1.42. The van der Waals surface area contributed by atoms with Crippen molar-refractivity contribution in [2.45, 2.75) is 16.3 Å². The van der Waals surface area contributed by atoms with Crippen LogP contribution in [0, 0.1) is 10.1 Å². The molecule has 20 heavy (non-hydrogen) atoms. The molecule has 1 atom stereocenters. The van der Waals surface area contributed by atoms with E-state index in [0.29, 0.717) is 6.41 Å². The van der Waals surface area contributed by atoms with Gasteiger partial charge in [-0.05, 0) is 12.1 Å². The molecular formula is C11H9Cl3N2O4. The predicted octanol–water partition coefficient (Wildman–Crippen LogP) is 2.65. The Hall–Kier alpha value is -1.37. The molecule has 0 heterocycles. The lowest BCUT2D eigenvalue weighted by Crippen LogP contribution is -2.41. The van der Waals surface area contributed by atoms with Crippen molar-refractivity contribution in [3.05, 3.63) is 39.9 Å². The third kappa shape index (κ3) is 4.63. The number of non-ortho nitro benzene ring substituents is 1. The molecule has 9 heteroatoms. The molecule has 0 aliphatic rings. The SMILES string of the molecule is O=CN[C@@H](CC(=O)c1ccc([N+](=O)[O-])cc1)C(Cl)(Cl)Cl. The van der Waals surface area contributed by atoms with E-state index < -0.39 is 20.5 Å². The Morgan fingerprint density at radius 3 is 2.30 bits per heavy atom. The van der Waals surface area contributed by atoms with Gasteiger partial charge in [-0.25, -0.2) is 0 Å². The third-order valence-electron chi connectivity index (χ3n) is 2.45. The van der Waals surface area contributed by atoms with Crippen LogP contribution in [0.25, 0.3) is 0 Å². The summed E-state index contributed by atoms with van der Waals surface area (Å²) in [7, 11) is 0. The van der Waals surface area contributed by atoms with E-state index in [1.165, 1.54) is 24.3 Å². The van der Waals surface area contributed by atoms with Crippen LogP contribution in [0.1, 0.15) is 16.8 Å². The van der Waals surface area contributed by atoms with E-state index in [1.807, 2.05) is 0 Å². The summed E-state index contributed by atoms with van der Waals surface area (Å²) in [6.45, 7) is 0. The average molecular weight is 340 g/mol. The number of Topliss-reactive ketones (excluding diaryl/α,β-unsaturated/α-hetero) is 1. The molecule has 0 aliphatic heterocycles. The van der Waals surface area contributed by atoms with Crippen LogP contribution < -0.4 is 5.32 Å². The smallest absolute Gasteiger partial charge is 0.269 e. The van der Waals surface area contributed by atoms with Gasteiger partial charge in [0.25, 0.3) is 5.69 Å². The first-order chi connectivity index (χ1) is 9.25. The summed E-state index contributed by atoms with van der Waals surface area (Å²) in [6, 6.07) is 4.01. The van der Waals surface area contributed by atoms with E-state index in [0.717, 1.165) is 0 Å². The Labute approximate surface area is 129 Å². The summed E-state index contributed by atoms with van der Waals surface area (Å²) in [4.78, 5) is 32.3. The highest BCUT2D eigenvalue weighted by molar-refractivity contribution is 6.68. The summed E-state index contributed by atoms with van der Waals surface area (Å²) >= 11 is 16.9. The van der Waals surface area contributed by atoms with Gasteiger partial charge < -0.3 is 5.32 Å². The monoisotopic (exact) mass is 338 g/mol. The van der Waals surface area contributed by atoms with E-state index in [-0.39, 0.29) is 17.7 Å². The Kier molecular flexibility index (Phi) is 5.74. The highest BCUT2D eigenvalue weighted by Gasteiger charge is 2.34. The number of nitrogens with zero attached hydrogens (tertiary/aromatic N) is 1. The molecule has 6 nitrogen and oxygen atoms in total. The lowest BCUT2D eigenvalue weighted by molar-refractivity contribution is -0.384. The minimum absolute atomic E-state index is 0.134. The molecule has 108 valence electrons. The van der Waals surface area contributed by atoms with E-state index in [2.05, 4.69) is 5.32 Å². The van der Waals surface area contributed by atoms with Crippen LogP contribution >= 0.6 is 34.8 Å². The number of rotatable bonds is 6. The van der Waals surface area contributed by atoms with Crippen LogP contribution in [0.5, 0.6) is 0 Å². The van der Waals surface area contributed by atoms with Gasteiger partial charge in [0.15, 0.2) is 5.78 Å². The second kappa shape index (κ2) is 6.88. The molecule has 0 spiro atoms. The van der Waals surface area contributed by atoms with Gasteiger partial charge in [-0.3, -0.25) is 19.7 Å². The number of carbonyl (C=O) groups excluding carboxylic acids is 2. The maximum atomic E-state index is 12.0. The van der Waals surface area contributed by atoms with Gasteiger partial charge in [-0.15, -0.1) is 0 Å². The Bertz CT molecular complexity index is 513. The van der Waals surface area contributed by atoms with Crippen LogP contribution in [0.2, 0.25) is 0 Å². The Balaban J connectivity index is 2.83. The van der Waals surface area contributed by atoms with Crippen molar-refractivity contribution in [3.63, 3.8) is 0 Å². The first-order valence-corrected chi connectivity index (χ1v) is 6.43. The molecular weight excluding hydrogens is 330 g/mol. The highest BCUT2D eigenvalue weighted by Crippen LogP contribution is 2.32. The molecule has 1 amide bonds. The first kappa shape index (κ1) is 16.7. The van der Waals surface area contributed by atoms with E-state index in [9.17, 15) is 19.7 Å². The molecule has 0 radical (unpaired) electrons. The zero-order valence-corrected chi connectivity index (χ0v) is 12.2. The van der Waals surface area contributed by atoms with Gasteiger partial charge in [0.1, 0.15) is 0 Å². The minimum atomic E-state index is -1.84. The van der Waals surface area contributed by atoms with Gasteiger partial charge in [0.2, 0.25) is 10.2 Å². The minimum Gasteiger partial charge on any atom is -0.351 e. The fraction of sp³-hybridized carbons (Fsp3) is 0.273. The molecule has 1 rings (SSSR count). The number of hydrogen-bond acceptors (Lipinski definition) is 4. The topological polar surface area (TPSA) is 89.3 Å². The molecule has 1 aromatic carbocycles. The van der Waals surface area contributed by atoms with E-state index >= 15 is 0 Å². The second-order valence-corrected chi connectivity index (χ2v) is 6.18. The number of halogens is 3. The Morgan fingerprint density at radius 1 is 1.35 bits per heavy atom. The van der Waals surface area contributed by atoms with Crippen LogP contribution in [-0.2, 0) is 4.79 Å². The van der Waals surface area contributed by atoms with Gasteiger partial charge in [-0.1, -0.05) is 34.8 Å². The highest BCUT2D eigenvalue weighted by atomic mass is 35.6. The number of nitrogens with one attached hydrogen (secondary N) is 1. The molecule has 0 saturated heterocycles. The van der Waals surface area contributed by atoms with E-state index in [4.69, 9.17) is 34.8 Å². The lowest BCUT2D eigenvalue weighted by atomic mass is 10.0. The quantitative estimate of drug-likeness (QED) is 0.284. The van der Waals surface area contributed by atoms with Gasteiger partial charge >= 0.3 is 0 Å². The normalized spacial score (nSPS) is 12.6. The van der Waals surface area contributed by atoms with Crippen molar-refractivity contribution < 1.29 is 14.5 Å². The summed E-state index contributed by atoms with van der Waals surface area (Å²) in [5.41, 5.74) is 0.0908. The maximum Gasteiger partial charge on any atom is 0.269 e. The summed E-state index contributed by atoms with van der Waals surface area (Å²) in [6.07, 6.45) is 0.0860. The van der Waals surface area contributed by atoms with Crippen molar-refractivity contribution in [3.8, 4) is 0 Å². The number of nitro groups is 1. The number of nitro benzene ring substituents is 1. The number of alkyl halides is 3. The summed E-state index contributed by atoms with van der Waals surface area (Å²) in [5, 5.41) is 12.7. The summed E-state index contributed by atoms with van der Waals surface area (Å²) in [5.74, 6) is -0.412. The Morgan fingerprint density at radius 2 is 1.90 bits per heavy atom. The van der Waals surface area contributed by atoms with Gasteiger partial charge in [0.05, 0.1) is 11.0 Å². The van der Waals surface area contributed by atoms with Crippen molar-refractivity contribution >= 4 is 52.7 Å². The van der Waals surface area contributed by atoms with E-state index in [1.54, 1.807) is 0 Å². The summed E-state index contributed by atoms with van der Waals surface area (Å²) < 4.78 is -1.84. The number of hydrogen-bond donors (Lipinski definition) is 1. The largest absolute Gasteiger partial charge is 0.351 e. The molecule has 1 N–H and O–H groups in total. The molecule has 0 saturated carbocycles. The molecule has 1 aromatic rings. The van der Waals surface area contributed by atoms with Gasteiger partial charge in [-0.2, -0.15) is 0 Å². The number of benzene rings is 1. The molecule has 0 aromatic heterocycles. The van der Waals surface area contributed by atoms with Crippen LogP contribution in [-0.4, -0.2) is 27.0 Å². The zero-order valence-electron chi connectivity index (χ0n) is 9.89. The van der Waals surface area contributed by atoms with Crippen molar-refractivity contribution in [2.75, 3.05) is 0 Å². The standard InChI is InChI=1S/C11H9Cl3N2O4/c12-11(13,14)10(15-6-17)5-9(18)7-1-3-8(4-2-7)16(19)20/h1-4,6,10H,5H2,(H,15,17)/t10-/m0/s1. The number of amides is 1. The van der Waals surface area contributed by atoms with Crippen LogP contribution in [0.15, 0.2) is 24.3 Å². The zero-order chi connectivity index (χ0) is 15.3. The number of ketones is 1. The van der Waals surface area contributed by atoms with Crippen LogP contribution in [0.3, 0.4) is 0 Å². The predicted molar refractivity (Wildman–Crippen MR) is 75.3 cm³/mol. The van der Waals surface area contributed by atoms with Crippen molar-refractivity contribution in [2.24, 2.45) is 0 Å². The van der Waals surface area contributed by atoms with Crippen LogP contribution in [0.4, 0.5) is 5.69 Å². The fourth-order valence-corrected chi connectivity index (χ4v) is 1.84. The maximum absolute atomic E-state index is 12.0. The average Bonchev–Trinajstić information content (AvgIpc) is 2.37. The molecule has 0 bridgehead atoms.